The van der Waals surface area contributed by atoms with Crippen molar-refractivity contribution >= 4 is 22.8 Å². The maximum atomic E-state index is 11.5. The molecule has 0 N–H and O–H groups in total. The first-order chi connectivity index (χ1) is 10.8. The molecule has 2 heterocycles. The Morgan fingerprint density at radius 3 is 2.77 bits per heavy atom. The molecule has 0 spiro atoms. The fourth-order valence-electron chi connectivity index (χ4n) is 2.53. The van der Waals surface area contributed by atoms with Crippen LogP contribution in [0.4, 0.5) is 5.95 Å². The third kappa shape index (κ3) is 3.10. The van der Waals surface area contributed by atoms with Gasteiger partial charge in [-0.1, -0.05) is 12.1 Å². The lowest BCUT2D eigenvalue weighted by molar-refractivity contribution is -0.145. The van der Waals surface area contributed by atoms with Crippen molar-refractivity contribution in [2.24, 2.45) is 0 Å². The first-order valence-corrected chi connectivity index (χ1v) is 7.58. The molecule has 116 valence electrons. The molecular weight excluding hydrogens is 282 g/mol. The Morgan fingerprint density at radius 1 is 1.23 bits per heavy atom. The fraction of sp³-hybridized carbons (Fsp3) is 0.438. The van der Waals surface area contributed by atoms with Gasteiger partial charge in [0.15, 0.2) is 6.61 Å². The normalized spacial score (nSPS) is 14.3. The van der Waals surface area contributed by atoms with Gasteiger partial charge in [0, 0.05) is 13.1 Å². The Hall–Kier alpha value is -2.37. The lowest BCUT2D eigenvalue weighted by Crippen LogP contribution is -2.21. The minimum absolute atomic E-state index is 0.145. The van der Waals surface area contributed by atoms with Gasteiger partial charge in [0.05, 0.1) is 17.5 Å². The minimum atomic E-state index is -0.395. The number of hydrogen-bond acceptors (Lipinski definition) is 6. The monoisotopic (exact) mass is 301 g/mol. The molecule has 6 heteroatoms. The van der Waals surface area contributed by atoms with Crippen molar-refractivity contribution in [3.8, 4) is 5.88 Å². The molecule has 1 aromatic carbocycles. The van der Waals surface area contributed by atoms with E-state index >= 15 is 0 Å². The van der Waals surface area contributed by atoms with Gasteiger partial charge in [-0.25, -0.2) is 9.78 Å². The van der Waals surface area contributed by atoms with E-state index in [0.29, 0.717) is 18.4 Å². The van der Waals surface area contributed by atoms with E-state index in [1.165, 1.54) is 0 Å². The molecule has 1 aromatic heterocycles. The predicted octanol–water partition coefficient (Wildman–Crippen LogP) is 2.17. The largest absolute Gasteiger partial charge is 0.465 e. The first-order valence-electron chi connectivity index (χ1n) is 7.58. The first kappa shape index (κ1) is 14.6. The number of carbonyl (C=O) groups excluding carboxylic acids is 1. The number of anilines is 1. The van der Waals surface area contributed by atoms with Crippen LogP contribution in [0.3, 0.4) is 0 Å². The van der Waals surface area contributed by atoms with Crippen molar-refractivity contribution in [1.82, 2.24) is 9.97 Å². The number of fused-ring (bicyclic) bond motifs is 1. The summed E-state index contributed by atoms with van der Waals surface area (Å²) in [5.74, 6) is 0.698. The number of esters is 1. The molecule has 3 rings (SSSR count). The van der Waals surface area contributed by atoms with Gasteiger partial charge in [-0.15, -0.1) is 0 Å². The van der Waals surface area contributed by atoms with Gasteiger partial charge in [-0.3, -0.25) is 0 Å². The Morgan fingerprint density at radius 2 is 2.00 bits per heavy atom. The molecule has 6 nitrogen and oxygen atoms in total. The standard InChI is InChI=1S/C16H19N3O3/c1-2-21-14(20)11-22-15-12-7-3-4-8-13(12)17-16(18-15)19-9-5-6-10-19/h3-4,7-8H,2,5-6,9-11H2,1H3. The Bertz CT molecular complexity index is 669. The molecule has 0 saturated carbocycles. The average Bonchev–Trinajstić information content (AvgIpc) is 3.07. The third-order valence-corrected chi connectivity index (χ3v) is 3.58. The molecule has 0 amide bonds. The SMILES string of the molecule is CCOC(=O)COc1nc(N2CCCC2)nc2ccccc12. The van der Waals surface area contributed by atoms with Crippen molar-refractivity contribution in [2.45, 2.75) is 19.8 Å². The number of nitrogens with zero attached hydrogens (tertiary/aromatic N) is 3. The van der Waals surface area contributed by atoms with Gasteiger partial charge < -0.3 is 14.4 Å². The summed E-state index contributed by atoms with van der Waals surface area (Å²) in [5, 5.41) is 0.801. The Kier molecular flexibility index (Phi) is 4.37. The Balaban J connectivity index is 1.90. The van der Waals surface area contributed by atoms with Gasteiger partial charge in [-0.2, -0.15) is 4.98 Å². The molecule has 0 unspecified atom stereocenters. The average molecular weight is 301 g/mol. The summed E-state index contributed by atoms with van der Waals surface area (Å²) in [7, 11) is 0. The van der Waals surface area contributed by atoms with Crippen LogP contribution in [0.5, 0.6) is 5.88 Å². The second-order valence-electron chi connectivity index (χ2n) is 5.13. The van der Waals surface area contributed by atoms with Gasteiger partial charge in [0.25, 0.3) is 0 Å². The maximum absolute atomic E-state index is 11.5. The van der Waals surface area contributed by atoms with Crippen LogP contribution in [-0.2, 0) is 9.53 Å². The van der Waals surface area contributed by atoms with E-state index in [2.05, 4.69) is 14.9 Å². The molecule has 0 aliphatic carbocycles. The topological polar surface area (TPSA) is 64.6 Å². The van der Waals surface area contributed by atoms with Crippen molar-refractivity contribution in [2.75, 3.05) is 31.2 Å². The van der Waals surface area contributed by atoms with Gasteiger partial charge in [-0.05, 0) is 31.9 Å². The smallest absolute Gasteiger partial charge is 0.344 e. The summed E-state index contributed by atoms with van der Waals surface area (Å²) in [6.07, 6.45) is 2.30. The summed E-state index contributed by atoms with van der Waals surface area (Å²) < 4.78 is 10.5. The zero-order valence-electron chi connectivity index (χ0n) is 12.6. The highest BCUT2D eigenvalue weighted by Gasteiger charge is 2.18. The predicted molar refractivity (Wildman–Crippen MR) is 83.1 cm³/mol. The van der Waals surface area contributed by atoms with E-state index in [1.807, 2.05) is 24.3 Å². The number of aromatic nitrogens is 2. The quantitative estimate of drug-likeness (QED) is 0.789. The van der Waals surface area contributed by atoms with E-state index in [9.17, 15) is 4.79 Å². The summed E-state index contributed by atoms with van der Waals surface area (Å²) in [5.41, 5.74) is 0.818. The van der Waals surface area contributed by atoms with Crippen LogP contribution < -0.4 is 9.64 Å². The van der Waals surface area contributed by atoms with Crippen LogP contribution in [-0.4, -0.2) is 42.2 Å². The summed E-state index contributed by atoms with van der Waals surface area (Å²) in [4.78, 5) is 22.7. The van der Waals surface area contributed by atoms with E-state index < -0.39 is 5.97 Å². The number of benzene rings is 1. The molecular formula is C16H19N3O3. The Labute approximate surface area is 129 Å². The number of hydrogen-bond donors (Lipinski definition) is 0. The van der Waals surface area contributed by atoms with Crippen molar-refractivity contribution in [3.05, 3.63) is 24.3 Å². The molecule has 0 radical (unpaired) electrons. The van der Waals surface area contributed by atoms with Crippen LogP contribution in [0.15, 0.2) is 24.3 Å². The maximum Gasteiger partial charge on any atom is 0.344 e. The second kappa shape index (κ2) is 6.60. The van der Waals surface area contributed by atoms with E-state index in [-0.39, 0.29) is 6.61 Å². The molecule has 2 aromatic rings. The molecule has 22 heavy (non-hydrogen) atoms. The van der Waals surface area contributed by atoms with Crippen LogP contribution >= 0.6 is 0 Å². The van der Waals surface area contributed by atoms with Crippen LogP contribution in [0.25, 0.3) is 10.9 Å². The molecule has 1 fully saturated rings. The minimum Gasteiger partial charge on any atom is -0.465 e. The van der Waals surface area contributed by atoms with E-state index in [0.717, 1.165) is 36.8 Å². The van der Waals surface area contributed by atoms with Crippen molar-refractivity contribution < 1.29 is 14.3 Å². The zero-order valence-corrected chi connectivity index (χ0v) is 12.6. The number of rotatable bonds is 5. The van der Waals surface area contributed by atoms with E-state index in [4.69, 9.17) is 9.47 Å². The lowest BCUT2D eigenvalue weighted by Gasteiger charge is -2.17. The number of carbonyl (C=O) groups is 1. The summed E-state index contributed by atoms with van der Waals surface area (Å²) in [6, 6.07) is 7.65. The summed E-state index contributed by atoms with van der Waals surface area (Å²) in [6.45, 7) is 3.87. The lowest BCUT2D eigenvalue weighted by atomic mass is 10.2. The molecule has 0 bridgehead atoms. The van der Waals surface area contributed by atoms with Gasteiger partial charge >= 0.3 is 5.97 Å². The molecule has 1 saturated heterocycles. The zero-order chi connectivity index (χ0) is 15.4. The number of ether oxygens (including phenoxy) is 2. The van der Waals surface area contributed by atoms with Gasteiger partial charge in [0.2, 0.25) is 11.8 Å². The van der Waals surface area contributed by atoms with Gasteiger partial charge in [0.1, 0.15) is 0 Å². The van der Waals surface area contributed by atoms with Crippen LogP contribution in [0.1, 0.15) is 19.8 Å². The highest BCUT2D eigenvalue weighted by molar-refractivity contribution is 5.85. The molecule has 1 aliphatic heterocycles. The van der Waals surface area contributed by atoms with Crippen LogP contribution in [0, 0.1) is 0 Å². The van der Waals surface area contributed by atoms with Crippen molar-refractivity contribution in [1.29, 1.82) is 0 Å². The van der Waals surface area contributed by atoms with Crippen molar-refractivity contribution in [3.63, 3.8) is 0 Å². The van der Waals surface area contributed by atoms with Crippen LogP contribution in [0.2, 0.25) is 0 Å². The second-order valence-corrected chi connectivity index (χ2v) is 5.13. The number of para-hydroxylation sites is 1. The molecule has 0 atom stereocenters. The van der Waals surface area contributed by atoms with E-state index in [1.54, 1.807) is 6.92 Å². The summed E-state index contributed by atoms with van der Waals surface area (Å²) >= 11 is 0. The highest BCUT2D eigenvalue weighted by atomic mass is 16.6. The fourth-order valence-corrected chi connectivity index (χ4v) is 2.53. The molecule has 1 aliphatic rings. The third-order valence-electron chi connectivity index (χ3n) is 3.58. The highest BCUT2D eigenvalue weighted by Crippen LogP contribution is 2.26.